The van der Waals surface area contributed by atoms with Crippen molar-refractivity contribution in [1.29, 1.82) is 0 Å². The second kappa shape index (κ2) is 6.95. The van der Waals surface area contributed by atoms with Crippen LogP contribution in [0.4, 0.5) is 10.6 Å². The average Bonchev–Trinajstić information content (AvgIpc) is 2.54. The van der Waals surface area contributed by atoms with Crippen molar-refractivity contribution < 1.29 is 9.53 Å². The fourth-order valence-electron chi connectivity index (χ4n) is 3.26. The normalized spacial score (nSPS) is 21.2. The van der Waals surface area contributed by atoms with Gasteiger partial charge in [-0.3, -0.25) is 0 Å². The van der Waals surface area contributed by atoms with Gasteiger partial charge in [-0.15, -0.1) is 0 Å². The molecule has 5 nitrogen and oxygen atoms in total. The lowest BCUT2D eigenvalue weighted by Gasteiger charge is -2.44. The Morgan fingerprint density at radius 3 is 2.54 bits per heavy atom. The van der Waals surface area contributed by atoms with E-state index in [1.165, 1.54) is 0 Å². The molecule has 1 fully saturated rings. The number of fused-ring (bicyclic) bond motifs is 1. The average molecular weight is 376 g/mol. The van der Waals surface area contributed by atoms with Gasteiger partial charge in [0, 0.05) is 35.6 Å². The van der Waals surface area contributed by atoms with Crippen LogP contribution in [0.3, 0.4) is 0 Å². The zero-order valence-electron chi connectivity index (χ0n) is 16.0. The van der Waals surface area contributed by atoms with Gasteiger partial charge in [0.05, 0.1) is 5.52 Å². The van der Waals surface area contributed by atoms with Crippen molar-refractivity contribution in [3.8, 4) is 0 Å². The molecule has 1 aromatic carbocycles. The molecule has 0 radical (unpaired) electrons. The van der Waals surface area contributed by atoms with Crippen LogP contribution in [0.5, 0.6) is 0 Å². The first kappa shape index (κ1) is 18.8. The van der Waals surface area contributed by atoms with Crippen LogP contribution >= 0.6 is 11.6 Å². The molecule has 0 N–H and O–H groups in total. The summed E-state index contributed by atoms with van der Waals surface area (Å²) in [6, 6.07) is 10.00. The van der Waals surface area contributed by atoms with E-state index in [9.17, 15) is 4.79 Å². The minimum Gasteiger partial charge on any atom is -0.444 e. The molecule has 1 saturated heterocycles. The fourth-order valence-corrected chi connectivity index (χ4v) is 3.43. The molecule has 140 valence electrons. The van der Waals surface area contributed by atoms with Crippen molar-refractivity contribution in [1.82, 2.24) is 9.88 Å². The molecular formula is C20H26ClN3O2. The molecule has 2 unspecified atom stereocenters. The lowest BCUT2D eigenvalue weighted by Crippen LogP contribution is -2.59. The van der Waals surface area contributed by atoms with Crippen molar-refractivity contribution in [2.45, 2.75) is 52.3 Å². The van der Waals surface area contributed by atoms with Crippen molar-refractivity contribution in [3.05, 3.63) is 35.4 Å². The number of carbonyl (C=O) groups is 1. The third kappa shape index (κ3) is 4.04. The second-order valence-corrected chi connectivity index (χ2v) is 8.43. The molecule has 1 aliphatic rings. The standard InChI is InChI=1S/C20H26ClN3O2/c1-13-12-24(19(25)26-20(3,4)5)14(2)11-23(13)18-9-7-15-6-8-16(21)10-17(15)22-18/h6-10,13-14H,11-12H2,1-5H3. The summed E-state index contributed by atoms with van der Waals surface area (Å²) >= 11 is 6.10. The lowest BCUT2D eigenvalue weighted by atomic mass is 10.1. The van der Waals surface area contributed by atoms with Crippen molar-refractivity contribution >= 4 is 34.4 Å². The Morgan fingerprint density at radius 1 is 1.15 bits per heavy atom. The van der Waals surface area contributed by atoms with E-state index >= 15 is 0 Å². The number of hydrogen-bond donors (Lipinski definition) is 0. The molecule has 2 heterocycles. The summed E-state index contributed by atoms with van der Waals surface area (Å²) in [7, 11) is 0. The van der Waals surface area contributed by atoms with Gasteiger partial charge in [0.15, 0.2) is 0 Å². The van der Waals surface area contributed by atoms with Crippen LogP contribution in [-0.2, 0) is 4.74 Å². The second-order valence-electron chi connectivity index (χ2n) is 7.99. The zero-order valence-corrected chi connectivity index (χ0v) is 16.7. The highest BCUT2D eigenvalue weighted by Gasteiger charge is 2.35. The van der Waals surface area contributed by atoms with Crippen LogP contribution in [0.2, 0.25) is 5.02 Å². The molecular weight excluding hydrogens is 350 g/mol. The van der Waals surface area contributed by atoms with E-state index in [0.717, 1.165) is 16.7 Å². The third-order valence-corrected chi connectivity index (χ3v) is 4.78. The molecule has 0 saturated carbocycles. The van der Waals surface area contributed by atoms with Gasteiger partial charge < -0.3 is 14.5 Å². The van der Waals surface area contributed by atoms with Gasteiger partial charge in [-0.25, -0.2) is 9.78 Å². The first-order chi connectivity index (χ1) is 12.1. The predicted molar refractivity (Wildman–Crippen MR) is 106 cm³/mol. The maximum Gasteiger partial charge on any atom is 0.410 e. The largest absolute Gasteiger partial charge is 0.444 e. The number of nitrogens with zero attached hydrogens (tertiary/aromatic N) is 3. The van der Waals surface area contributed by atoms with E-state index in [2.05, 4.69) is 17.9 Å². The molecule has 2 atom stereocenters. The van der Waals surface area contributed by atoms with E-state index in [1.807, 2.05) is 56.9 Å². The Labute approximate surface area is 159 Å². The smallest absolute Gasteiger partial charge is 0.410 e. The van der Waals surface area contributed by atoms with Gasteiger partial charge in [-0.05, 0) is 58.9 Å². The minimum atomic E-state index is -0.490. The summed E-state index contributed by atoms with van der Waals surface area (Å²) in [6.45, 7) is 11.1. The Balaban J connectivity index is 1.80. The van der Waals surface area contributed by atoms with E-state index in [4.69, 9.17) is 21.3 Å². The van der Waals surface area contributed by atoms with Crippen molar-refractivity contribution in [3.63, 3.8) is 0 Å². The number of aromatic nitrogens is 1. The molecule has 0 spiro atoms. The summed E-state index contributed by atoms with van der Waals surface area (Å²) in [4.78, 5) is 21.3. The first-order valence-corrected chi connectivity index (χ1v) is 9.34. The van der Waals surface area contributed by atoms with E-state index in [1.54, 1.807) is 0 Å². The van der Waals surface area contributed by atoms with Gasteiger partial charge in [-0.2, -0.15) is 0 Å². The first-order valence-electron chi connectivity index (χ1n) is 8.96. The van der Waals surface area contributed by atoms with Crippen molar-refractivity contribution in [2.75, 3.05) is 18.0 Å². The number of pyridine rings is 1. The van der Waals surface area contributed by atoms with Crippen LogP contribution in [-0.4, -0.2) is 46.8 Å². The van der Waals surface area contributed by atoms with Gasteiger partial charge >= 0.3 is 6.09 Å². The van der Waals surface area contributed by atoms with Crippen LogP contribution < -0.4 is 4.90 Å². The van der Waals surface area contributed by atoms with Gasteiger partial charge in [0.2, 0.25) is 0 Å². The number of ether oxygens (including phenoxy) is 1. The Morgan fingerprint density at radius 2 is 1.85 bits per heavy atom. The summed E-state index contributed by atoms with van der Waals surface area (Å²) in [5.74, 6) is 0.906. The third-order valence-electron chi connectivity index (χ3n) is 4.55. The molecule has 1 aromatic heterocycles. The topological polar surface area (TPSA) is 45.7 Å². The Bertz CT molecular complexity index is 818. The van der Waals surface area contributed by atoms with Crippen LogP contribution in [0.1, 0.15) is 34.6 Å². The lowest BCUT2D eigenvalue weighted by molar-refractivity contribution is 0.0130. The molecule has 0 bridgehead atoms. The van der Waals surface area contributed by atoms with Gasteiger partial charge in [0.1, 0.15) is 11.4 Å². The number of piperazine rings is 1. The Kier molecular flexibility index (Phi) is 5.02. The molecule has 2 aromatic rings. The summed E-state index contributed by atoms with van der Waals surface area (Å²) in [6.07, 6.45) is -0.255. The van der Waals surface area contributed by atoms with Crippen LogP contribution in [0, 0.1) is 0 Å². The summed E-state index contributed by atoms with van der Waals surface area (Å²) in [5.41, 5.74) is 0.389. The van der Waals surface area contributed by atoms with Crippen LogP contribution in [0.15, 0.2) is 30.3 Å². The molecule has 1 amide bonds. The quantitative estimate of drug-likeness (QED) is 0.723. The minimum absolute atomic E-state index is 0.0397. The number of halogens is 1. The number of benzene rings is 1. The number of rotatable bonds is 1. The van der Waals surface area contributed by atoms with E-state index in [-0.39, 0.29) is 18.2 Å². The SMILES string of the molecule is CC1CN(c2ccc3ccc(Cl)cc3n2)C(C)CN1C(=O)OC(C)(C)C. The van der Waals surface area contributed by atoms with E-state index in [0.29, 0.717) is 18.1 Å². The number of carbonyl (C=O) groups excluding carboxylic acids is 1. The van der Waals surface area contributed by atoms with Crippen molar-refractivity contribution in [2.24, 2.45) is 0 Å². The molecule has 26 heavy (non-hydrogen) atoms. The zero-order chi connectivity index (χ0) is 19.1. The van der Waals surface area contributed by atoms with Crippen LogP contribution in [0.25, 0.3) is 10.9 Å². The van der Waals surface area contributed by atoms with E-state index < -0.39 is 5.60 Å². The monoisotopic (exact) mass is 375 g/mol. The number of anilines is 1. The highest BCUT2D eigenvalue weighted by molar-refractivity contribution is 6.31. The summed E-state index contributed by atoms with van der Waals surface area (Å²) in [5, 5.41) is 1.74. The molecule has 3 rings (SSSR count). The summed E-state index contributed by atoms with van der Waals surface area (Å²) < 4.78 is 5.55. The highest BCUT2D eigenvalue weighted by atomic mass is 35.5. The van der Waals surface area contributed by atoms with Gasteiger partial charge in [-0.1, -0.05) is 17.7 Å². The molecule has 0 aliphatic carbocycles. The predicted octanol–water partition coefficient (Wildman–Crippen LogP) is 4.72. The number of amides is 1. The molecule has 1 aliphatic heterocycles. The van der Waals surface area contributed by atoms with Gasteiger partial charge in [0.25, 0.3) is 0 Å². The highest BCUT2D eigenvalue weighted by Crippen LogP contribution is 2.26. The maximum atomic E-state index is 12.5. The molecule has 6 heteroatoms. The Hall–Kier alpha value is -2.01. The maximum absolute atomic E-state index is 12.5. The fraction of sp³-hybridized carbons (Fsp3) is 0.500. The number of hydrogen-bond acceptors (Lipinski definition) is 4.